The van der Waals surface area contributed by atoms with Gasteiger partial charge in [0.2, 0.25) is 0 Å². The van der Waals surface area contributed by atoms with Gasteiger partial charge in [-0.25, -0.2) is 0 Å². The topological polar surface area (TPSA) is 53.9 Å². The number of nitrogens with zero attached hydrogens (tertiary/aromatic N) is 3. The zero-order valence-electron chi connectivity index (χ0n) is 10.7. The predicted molar refractivity (Wildman–Crippen MR) is 76.0 cm³/mol. The third-order valence-electron chi connectivity index (χ3n) is 3.14. The molecule has 19 heavy (non-hydrogen) atoms. The van der Waals surface area contributed by atoms with Crippen LogP contribution in [-0.2, 0) is 0 Å². The Morgan fingerprint density at radius 3 is 2.89 bits per heavy atom. The minimum Gasteiger partial charge on any atom is -0.280 e. The van der Waals surface area contributed by atoms with Gasteiger partial charge in [0.05, 0.1) is 18.0 Å². The molecule has 0 saturated heterocycles. The number of aromatic amines is 1. The minimum atomic E-state index is 0.686. The summed E-state index contributed by atoms with van der Waals surface area (Å²) in [4.78, 5) is 8.75. The molecule has 0 aliphatic carbocycles. The zero-order chi connectivity index (χ0) is 13.1. The molecule has 2 aromatic heterocycles. The number of aliphatic imine (C=N–C) groups is 1. The van der Waals surface area contributed by atoms with E-state index in [4.69, 9.17) is 0 Å². The van der Waals surface area contributed by atoms with Gasteiger partial charge < -0.3 is 0 Å². The van der Waals surface area contributed by atoms with Crippen LogP contribution in [0.4, 0.5) is 0 Å². The first-order chi connectivity index (χ1) is 9.38. The molecule has 94 valence electrons. The molecule has 1 N–H and O–H groups in total. The first-order valence-corrected chi connectivity index (χ1v) is 6.20. The average molecular weight is 250 g/mol. The highest BCUT2D eigenvalue weighted by molar-refractivity contribution is 6.14. The molecule has 0 atom stereocenters. The third kappa shape index (κ3) is 2.25. The van der Waals surface area contributed by atoms with Crippen molar-refractivity contribution in [3.8, 4) is 0 Å². The SMILES string of the molecule is CC=C1CN=C(c2cccnc2)C=C1c1ccn[nH]1. The summed E-state index contributed by atoms with van der Waals surface area (Å²) >= 11 is 0. The number of hydrogen-bond donors (Lipinski definition) is 1. The summed E-state index contributed by atoms with van der Waals surface area (Å²) in [5, 5.41) is 7.03. The molecule has 0 spiro atoms. The van der Waals surface area contributed by atoms with Crippen LogP contribution in [0.5, 0.6) is 0 Å². The molecule has 0 bridgehead atoms. The van der Waals surface area contributed by atoms with Crippen molar-refractivity contribution in [1.82, 2.24) is 15.2 Å². The molecule has 0 aromatic carbocycles. The van der Waals surface area contributed by atoms with E-state index in [0.717, 1.165) is 22.5 Å². The van der Waals surface area contributed by atoms with Crippen molar-refractivity contribution in [2.45, 2.75) is 6.92 Å². The molecule has 4 nitrogen and oxygen atoms in total. The smallest absolute Gasteiger partial charge is 0.0673 e. The lowest BCUT2D eigenvalue weighted by Crippen LogP contribution is -2.09. The summed E-state index contributed by atoms with van der Waals surface area (Å²) < 4.78 is 0. The van der Waals surface area contributed by atoms with Gasteiger partial charge in [0.25, 0.3) is 0 Å². The molecule has 3 rings (SSSR count). The zero-order valence-corrected chi connectivity index (χ0v) is 10.7. The summed E-state index contributed by atoms with van der Waals surface area (Å²) in [7, 11) is 0. The number of pyridine rings is 1. The van der Waals surface area contributed by atoms with Gasteiger partial charge in [-0.05, 0) is 36.8 Å². The van der Waals surface area contributed by atoms with Gasteiger partial charge in [-0.2, -0.15) is 5.10 Å². The van der Waals surface area contributed by atoms with E-state index >= 15 is 0 Å². The maximum absolute atomic E-state index is 4.61. The second-order valence-electron chi connectivity index (χ2n) is 4.29. The van der Waals surface area contributed by atoms with E-state index in [1.165, 1.54) is 5.57 Å². The van der Waals surface area contributed by atoms with Gasteiger partial charge in [-0.3, -0.25) is 15.1 Å². The molecule has 0 radical (unpaired) electrons. The van der Waals surface area contributed by atoms with Crippen LogP contribution in [0.2, 0.25) is 0 Å². The lowest BCUT2D eigenvalue weighted by Gasteiger charge is -2.15. The highest BCUT2D eigenvalue weighted by Crippen LogP contribution is 2.26. The van der Waals surface area contributed by atoms with E-state index in [9.17, 15) is 0 Å². The highest BCUT2D eigenvalue weighted by Gasteiger charge is 2.15. The van der Waals surface area contributed by atoms with Crippen LogP contribution in [0, 0.1) is 0 Å². The molecule has 4 heteroatoms. The molecule has 1 aliphatic heterocycles. The number of nitrogens with one attached hydrogen (secondary N) is 1. The summed E-state index contributed by atoms with van der Waals surface area (Å²) in [6, 6.07) is 5.92. The largest absolute Gasteiger partial charge is 0.280 e. The molecule has 3 heterocycles. The van der Waals surface area contributed by atoms with Crippen LogP contribution in [0.3, 0.4) is 0 Å². The molecule has 0 saturated carbocycles. The lowest BCUT2D eigenvalue weighted by atomic mass is 9.96. The van der Waals surface area contributed by atoms with Crippen molar-refractivity contribution in [2.75, 3.05) is 6.54 Å². The molecule has 0 fully saturated rings. The Labute approximate surface area is 111 Å². The van der Waals surface area contributed by atoms with Crippen molar-refractivity contribution < 1.29 is 0 Å². The van der Waals surface area contributed by atoms with E-state index in [-0.39, 0.29) is 0 Å². The Morgan fingerprint density at radius 2 is 2.21 bits per heavy atom. The second kappa shape index (κ2) is 5.02. The van der Waals surface area contributed by atoms with Crippen molar-refractivity contribution in [1.29, 1.82) is 0 Å². The number of H-pyrrole nitrogens is 1. The molecular formula is C15H14N4. The lowest BCUT2D eigenvalue weighted by molar-refractivity contribution is 1.06. The van der Waals surface area contributed by atoms with Crippen LogP contribution < -0.4 is 0 Å². The van der Waals surface area contributed by atoms with E-state index < -0.39 is 0 Å². The van der Waals surface area contributed by atoms with Crippen LogP contribution in [0.1, 0.15) is 18.2 Å². The van der Waals surface area contributed by atoms with Gasteiger partial charge in [0, 0.05) is 29.7 Å². The Balaban J connectivity index is 2.04. The van der Waals surface area contributed by atoms with Crippen molar-refractivity contribution in [3.63, 3.8) is 0 Å². The maximum Gasteiger partial charge on any atom is 0.0673 e. The van der Waals surface area contributed by atoms with Crippen LogP contribution in [0.15, 0.2) is 59.5 Å². The molecule has 1 aliphatic rings. The van der Waals surface area contributed by atoms with Gasteiger partial charge in [-0.15, -0.1) is 0 Å². The molecule has 0 unspecified atom stereocenters. The van der Waals surface area contributed by atoms with Gasteiger partial charge >= 0.3 is 0 Å². The quantitative estimate of drug-likeness (QED) is 0.890. The van der Waals surface area contributed by atoms with E-state index in [0.29, 0.717) is 6.54 Å². The number of rotatable bonds is 2. The van der Waals surface area contributed by atoms with Crippen molar-refractivity contribution in [2.24, 2.45) is 4.99 Å². The fourth-order valence-electron chi connectivity index (χ4n) is 2.12. The summed E-state index contributed by atoms with van der Waals surface area (Å²) in [6.07, 6.45) is 9.54. The van der Waals surface area contributed by atoms with E-state index in [1.54, 1.807) is 12.4 Å². The fraction of sp³-hybridized carbons (Fsp3) is 0.133. The predicted octanol–water partition coefficient (Wildman–Crippen LogP) is 2.64. The van der Waals surface area contributed by atoms with Crippen molar-refractivity contribution >= 4 is 11.3 Å². The van der Waals surface area contributed by atoms with Crippen molar-refractivity contribution in [3.05, 3.63) is 65.8 Å². The standard InChI is InChI=1S/C15H14N4/c1-2-11-10-17-15(12-4-3-6-16-9-12)8-13(11)14-5-7-18-19-14/h2-9H,10H2,1H3,(H,18,19). The first kappa shape index (κ1) is 11.6. The van der Waals surface area contributed by atoms with Crippen LogP contribution in [-0.4, -0.2) is 27.4 Å². The van der Waals surface area contributed by atoms with Gasteiger partial charge in [-0.1, -0.05) is 6.08 Å². The van der Waals surface area contributed by atoms with E-state index in [2.05, 4.69) is 32.3 Å². The Hall–Kier alpha value is -2.49. The second-order valence-corrected chi connectivity index (χ2v) is 4.29. The maximum atomic E-state index is 4.61. The molecule has 0 amide bonds. The summed E-state index contributed by atoms with van der Waals surface area (Å²) in [6.45, 7) is 2.72. The van der Waals surface area contributed by atoms with Crippen LogP contribution >= 0.6 is 0 Å². The molecule has 2 aromatic rings. The number of dihydropyridines is 1. The molecular weight excluding hydrogens is 236 g/mol. The number of allylic oxidation sites excluding steroid dienone is 2. The summed E-state index contributed by atoms with van der Waals surface area (Å²) in [5.41, 5.74) is 5.37. The number of aromatic nitrogens is 3. The minimum absolute atomic E-state index is 0.686. The van der Waals surface area contributed by atoms with Crippen LogP contribution in [0.25, 0.3) is 5.57 Å². The van der Waals surface area contributed by atoms with Gasteiger partial charge in [0.1, 0.15) is 0 Å². The Bertz CT molecular complexity index is 649. The average Bonchev–Trinajstić information content (AvgIpc) is 3.01. The Morgan fingerprint density at radius 1 is 1.26 bits per heavy atom. The highest BCUT2D eigenvalue weighted by atomic mass is 15.1. The monoisotopic (exact) mass is 250 g/mol. The number of hydrogen-bond acceptors (Lipinski definition) is 3. The first-order valence-electron chi connectivity index (χ1n) is 6.20. The van der Waals surface area contributed by atoms with Gasteiger partial charge in [0.15, 0.2) is 0 Å². The third-order valence-corrected chi connectivity index (χ3v) is 3.14. The Kier molecular flexibility index (Phi) is 3.06. The van der Waals surface area contributed by atoms with E-state index in [1.807, 2.05) is 31.3 Å². The normalized spacial score (nSPS) is 17.2. The summed E-state index contributed by atoms with van der Waals surface area (Å²) in [5.74, 6) is 0. The fourth-order valence-corrected chi connectivity index (χ4v) is 2.12.